The first-order valence-corrected chi connectivity index (χ1v) is 3.51. The van der Waals surface area contributed by atoms with E-state index in [0.29, 0.717) is 5.95 Å². The maximum Gasteiger partial charge on any atom is 0.353 e. The van der Waals surface area contributed by atoms with Crippen molar-refractivity contribution in [2.45, 2.75) is 0 Å². The van der Waals surface area contributed by atoms with E-state index in [4.69, 9.17) is 5.73 Å². The minimum atomic E-state index is 0.686. The topological polar surface area (TPSA) is 45.7 Å². The third-order valence-corrected chi connectivity index (χ3v) is 1.89. The van der Waals surface area contributed by atoms with E-state index in [-0.39, 0.29) is 0 Å². The van der Waals surface area contributed by atoms with Crippen LogP contribution in [0.3, 0.4) is 0 Å². The van der Waals surface area contributed by atoms with Gasteiger partial charge in [-0.05, 0) is 12.1 Å². The summed E-state index contributed by atoms with van der Waals surface area (Å²) in [6.45, 7) is 0. The second-order valence-electron chi connectivity index (χ2n) is 2.59. The van der Waals surface area contributed by atoms with E-state index in [1.807, 2.05) is 35.9 Å². The van der Waals surface area contributed by atoms with Gasteiger partial charge in [0.2, 0.25) is 0 Å². The van der Waals surface area contributed by atoms with Crippen LogP contribution in [0.25, 0.3) is 11.0 Å². The van der Waals surface area contributed by atoms with Crippen molar-refractivity contribution in [1.82, 2.24) is 4.98 Å². The van der Waals surface area contributed by atoms with Crippen LogP contribution in [0.5, 0.6) is 0 Å². The zero-order valence-electron chi connectivity index (χ0n) is 6.33. The van der Waals surface area contributed by atoms with Crippen molar-refractivity contribution in [3.63, 3.8) is 0 Å². The predicted octanol–water partition coefficient (Wildman–Crippen LogP) is 0.575. The van der Waals surface area contributed by atoms with Crippen LogP contribution in [0.15, 0.2) is 24.3 Å². The van der Waals surface area contributed by atoms with Gasteiger partial charge in [0.1, 0.15) is 11.0 Å². The molecule has 56 valence electrons. The van der Waals surface area contributed by atoms with Crippen LogP contribution in [0.4, 0.5) is 5.95 Å². The molecule has 0 spiro atoms. The molecule has 2 rings (SSSR count). The number of nitrogens with one attached hydrogen (secondary N) is 1. The number of H-pyrrole nitrogens is 1. The number of nitrogens with two attached hydrogens (primary N) is 1. The average molecular weight is 148 g/mol. The molecule has 2 aromatic rings. The van der Waals surface area contributed by atoms with Gasteiger partial charge < -0.3 is 0 Å². The number of rotatable bonds is 0. The molecule has 0 unspecified atom stereocenters. The molecule has 3 nitrogen and oxygen atoms in total. The van der Waals surface area contributed by atoms with Crippen LogP contribution in [0.1, 0.15) is 0 Å². The first-order chi connectivity index (χ1) is 5.29. The Kier molecular flexibility index (Phi) is 1.12. The Balaban J connectivity index is 2.92. The molecule has 1 aromatic heterocycles. The highest BCUT2D eigenvalue weighted by Gasteiger charge is 2.07. The molecular formula is C8H10N3+. The highest BCUT2D eigenvalue weighted by molar-refractivity contribution is 5.72. The van der Waals surface area contributed by atoms with Crippen LogP contribution in [-0.2, 0) is 7.05 Å². The highest BCUT2D eigenvalue weighted by Crippen LogP contribution is 2.07. The molecule has 0 amide bonds. The number of hydrogen-bond acceptors (Lipinski definition) is 1. The fourth-order valence-corrected chi connectivity index (χ4v) is 1.22. The van der Waals surface area contributed by atoms with Crippen molar-refractivity contribution in [1.29, 1.82) is 0 Å². The molecule has 1 heterocycles. The van der Waals surface area contributed by atoms with Crippen LogP contribution in [0, 0.1) is 0 Å². The Hall–Kier alpha value is -1.51. The van der Waals surface area contributed by atoms with Crippen molar-refractivity contribution < 1.29 is 4.57 Å². The maximum atomic E-state index is 5.66. The number of anilines is 1. The lowest BCUT2D eigenvalue weighted by atomic mass is 10.3. The summed E-state index contributed by atoms with van der Waals surface area (Å²) >= 11 is 0. The van der Waals surface area contributed by atoms with E-state index < -0.39 is 0 Å². The molecule has 0 saturated heterocycles. The summed E-state index contributed by atoms with van der Waals surface area (Å²) in [5.74, 6) is 0.686. The van der Waals surface area contributed by atoms with Crippen LogP contribution in [-0.4, -0.2) is 4.98 Å². The smallest absolute Gasteiger partial charge is 0.290 e. The molecule has 3 N–H and O–H groups in total. The SMILES string of the molecule is C[n+]1c(N)[nH]c2ccccc21. The molecule has 0 saturated carbocycles. The van der Waals surface area contributed by atoms with Gasteiger partial charge >= 0.3 is 5.95 Å². The van der Waals surface area contributed by atoms with Gasteiger partial charge in [0, 0.05) is 0 Å². The van der Waals surface area contributed by atoms with E-state index in [9.17, 15) is 0 Å². The Labute approximate surface area is 64.5 Å². The van der Waals surface area contributed by atoms with Gasteiger partial charge in [-0.1, -0.05) is 12.1 Å². The molecule has 0 atom stereocenters. The molecule has 0 bridgehead atoms. The average Bonchev–Trinajstić information content (AvgIpc) is 2.30. The summed E-state index contributed by atoms with van der Waals surface area (Å²) in [6, 6.07) is 8.02. The number of nitrogen functional groups attached to an aromatic ring is 1. The summed E-state index contributed by atoms with van der Waals surface area (Å²) in [5.41, 5.74) is 7.87. The van der Waals surface area contributed by atoms with Gasteiger partial charge in [-0.25, -0.2) is 9.55 Å². The number of aromatic amines is 1. The van der Waals surface area contributed by atoms with Gasteiger partial charge in [0.05, 0.1) is 7.05 Å². The molecule has 11 heavy (non-hydrogen) atoms. The number of nitrogens with zero attached hydrogens (tertiary/aromatic N) is 1. The third kappa shape index (κ3) is 0.774. The van der Waals surface area contributed by atoms with Gasteiger partial charge in [0.25, 0.3) is 0 Å². The second kappa shape index (κ2) is 1.99. The highest BCUT2D eigenvalue weighted by atomic mass is 15.1. The van der Waals surface area contributed by atoms with Crippen molar-refractivity contribution >= 4 is 17.0 Å². The van der Waals surface area contributed by atoms with E-state index in [0.717, 1.165) is 11.0 Å². The first-order valence-electron chi connectivity index (χ1n) is 3.51. The molecule has 0 fully saturated rings. The van der Waals surface area contributed by atoms with E-state index >= 15 is 0 Å². The summed E-state index contributed by atoms with van der Waals surface area (Å²) in [7, 11) is 1.94. The number of imidazole rings is 1. The summed E-state index contributed by atoms with van der Waals surface area (Å²) < 4.78 is 1.93. The lowest BCUT2D eigenvalue weighted by Gasteiger charge is -1.86. The monoisotopic (exact) mass is 148 g/mol. The number of aromatic nitrogens is 2. The zero-order valence-corrected chi connectivity index (χ0v) is 6.33. The van der Waals surface area contributed by atoms with E-state index in [1.54, 1.807) is 0 Å². The van der Waals surface area contributed by atoms with Gasteiger partial charge in [-0.2, -0.15) is 0 Å². The lowest BCUT2D eigenvalue weighted by molar-refractivity contribution is -0.629. The van der Waals surface area contributed by atoms with Gasteiger partial charge in [-0.3, -0.25) is 5.73 Å². The molecule has 0 aliphatic carbocycles. The van der Waals surface area contributed by atoms with Crippen molar-refractivity contribution in [3.05, 3.63) is 24.3 Å². The van der Waals surface area contributed by atoms with Gasteiger partial charge in [0.15, 0.2) is 0 Å². The predicted molar refractivity (Wildman–Crippen MR) is 43.9 cm³/mol. The maximum absolute atomic E-state index is 5.66. The molecule has 3 heteroatoms. The number of fused-ring (bicyclic) bond motifs is 1. The first kappa shape index (κ1) is 6.22. The minimum Gasteiger partial charge on any atom is -0.290 e. The van der Waals surface area contributed by atoms with Crippen molar-refractivity contribution in [3.8, 4) is 0 Å². The van der Waals surface area contributed by atoms with E-state index in [1.165, 1.54) is 0 Å². The Morgan fingerprint density at radius 1 is 1.36 bits per heavy atom. The standard InChI is InChI=1S/C8H9N3/c1-11-7-5-3-2-4-6(7)10-8(11)9/h2-5H,1H3,(H2,9,10)/p+1. The Morgan fingerprint density at radius 3 is 2.82 bits per heavy atom. The summed E-state index contributed by atoms with van der Waals surface area (Å²) in [4.78, 5) is 3.07. The fraction of sp³-hybridized carbons (Fsp3) is 0.125. The number of aryl methyl sites for hydroxylation is 1. The zero-order chi connectivity index (χ0) is 7.84. The Morgan fingerprint density at radius 2 is 2.09 bits per heavy atom. The fourth-order valence-electron chi connectivity index (χ4n) is 1.22. The molecule has 1 aromatic carbocycles. The summed E-state index contributed by atoms with van der Waals surface area (Å²) in [6.07, 6.45) is 0. The number of benzene rings is 1. The molecular weight excluding hydrogens is 138 g/mol. The summed E-state index contributed by atoms with van der Waals surface area (Å²) in [5, 5.41) is 0. The number of para-hydroxylation sites is 2. The largest absolute Gasteiger partial charge is 0.353 e. The van der Waals surface area contributed by atoms with Crippen LogP contribution >= 0.6 is 0 Å². The second-order valence-corrected chi connectivity index (χ2v) is 2.59. The quantitative estimate of drug-likeness (QED) is 0.527. The minimum absolute atomic E-state index is 0.686. The van der Waals surface area contributed by atoms with Crippen molar-refractivity contribution in [2.75, 3.05) is 5.73 Å². The number of hydrogen-bond donors (Lipinski definition) is 2. The molecule has 0 aliphatic heterocycles. The molecule has 0 aliphatic rings. The van der Waals surface area contributed by atoms with Crippen molar-refractivity contribution in [2.24, 2.45) is 7.05 Å². The van der Waals surface area contributed by atoms with Gasteiger partial charge in [-0.15, -0.1) is 0 Å². The molecule has 0 radical (unpaired) electrons. The van der Waals surface area contributed by atoms with Crippen LogP contribution in [0.2, 0.25) is 0 Å². The normalized spacial score (nSPS) is 10.6. The van der Waals surface area contributed by atoms with Crippen LogP contribution < -0.4 is 10.3 Å². The third-order valence-electron chi connectivity index (χ3n) is 1.89. The Bertz CT molecular complexity index is 389. The van der Waals surface area contributed by atoms with E-state index in [2.05, 4.69) is 4.98 Å². The lowest BCUT2D eigenvalue weighted by Crippen LogP contribution is -2.29.